The van der Waals surface area contributed by atoms with Crippen LogP contribution in [0.1, 0.15) is 42.1 Å². The van der Waals surface area contributed by atoms with Crippen molar-refractivity contribution in [3.63, 3.8) is 0 Å². The second-order valence-corrected chi connectivity index (χ2v) is 7.80. The maximum Gasteiger partial charge on any atom is 0.326 e. The SMILES string of the molecule is O=C(NCCCC(=O)N1CCC(n2c(=O)[nH]c3ccccc32)CC1)c1ccc(F)cc1. The first-order valence-corrected chi connectivity index (χ1v) is 10.5. The van der Waals surface area contributed by atoms with E-state index in [1.165, 1.54) is 24.3 Å². The summed E-state index contributed by atoms with van der Waals surface area (Å²) >= 11 is 0. The number of aromatic nitrogens is 2. The maximum atomic E-state index is 12.9. The summed E-state index contributed by atoms with van der Waals surface area (Å²) in [5.41, 5.74) is 2.01. The van der Waals surface area contributed by atoms with Crippen LogP contribution < -0.4 is 11.0 Å². The first-order valence-electron chi connectivity index (χ1n) is 10.5. The summed E-state index contributed by atoms with van der Waals surface area (Å²) in [5, 5.41) is 2.75. The Labute approximate surface area is 178 Å². The number of aromatic amines is 1. The first kappa shape index (κ1) is 20.8. The molecule has 8 heteroatoms. The summed E-state index contributed by atoms with van der Waals surface area (Å²) in [4.78, 5) is 41.6. The van der Waals surface area contributed by atoms with Gasteiger partial charge >= 0.3 is 5.69 Å². The van der Waals surface area contributed by atoms with Crippen LogP contribution in [0.5, 0.6) is 0 Å². The van der Waals surface area contributed by atoms with Gasteiger partial charge in [-0.1, -0.05) is 12.1 Å². The molecule has 3 aromatic rings. The average molecular weight is 424 g/mol. The number of benzene rings is 2. The molecule has 4 rings (SSSR count). The summed E-state index contributed by atoms with van der Waals surface area (Å²) in [6, 6.07) is 13.1. The molecule has 162 valence electrons. The Kier molecular flexibility index (Phi) is 6.16. The molecule has 0 bridgehead atoms. The lowest BCUT2D eigenvalue weighted by Crippen LogP contribution is -2.40. The van der Waals surface area contributed by atoms with Crippen molar-refractivity contribution in [3.05, 3.63) is 70.4 Å². The molecule has 2 N–H and O–H groups in total. The average Bonchev–Trinajstić information content (AvgIpc) is 3.12. The quantitative estimate of drug-likeness (QED) is 0.597. The fourth-order valence-corrected chi connectivity index (χ4v) is 4.11. The maximum absolute atomic E-state index is 12.9. The minimum absolute atomic E-state index is 0.0563. The molecule has 0 radical (unpaired) electrons. The number of rotatable bonds is 6. The highest BCUT2D eigenvalue weighted by molar-refractivity contribution is 5.94. The zero-order chi connectivity index (χ0) is 21.8. The van der Waals surface area contributed by atoms with Gasteiger partial charge in [0.2, 0.25) is 5.91 Å². The normalized spacial score (nSPS) is 14.7. The Bertz CT molecular complexity index is 1130. The van der Waals surface area contributed by atoms with E-state index in [1.807, 2.05) is 33.7 Å². The van der Waals surface area contributed by atoms with Crippen LogP contribution in [0.3, 0.4) is 0 Å². The van der Waals surface area contributed by atoms with E-state index >= 15 is 0 Å². The minimum Gasteiger partial charge on any atom is -0.352 e. The van der Waals surface area contributed by atoms with Gasteiger partial charge in [0.25, 0.3) is 5.91 Å². The molecule has 0 saturated carbocycles. The summed E-state index contributed by atoms with van der Waals surface area (Å²) < 4.78 is 14.7. The minimum atomic E-state index is -0.388. The number of piperidine rings is 1. The molecule has 0 aliphatic carbocycles. The van der Waals surface area contributed by atoms with Crippen LogP contribution in [0.25, 0.3) is 11.0 Å². The number of hydrogen-bond donors (Lipinski definition) is 2. The molecular formula is C23H25FN4O3. The number of nitrogens with zero attached hydrogens (tertiary/aromatic N) is 2. The molecular weight excluding hydrogens is 399 g/mol. The number of fused-ring (bicyclic) bond motifs is 1. The predicted molar refractivity (Wildman–Crippen MR) is 115 cm³/mol. The summed E-state index contributed by atoms with van der Waals surface area (Å²) in [6.07, 6.45) is 2.35. The molecule has 1 saturated heterocycles. The molecule has 0 unspecified atom stereocenters. The number of nitrogens with one attached hydrogen (secondary N) is 2. The zero-order valence-corrected chi connectivity index (χ0v) is 17.1. The molecule has 1 aliphatic rings. The summed E-state index contributed by atoms with van der Waals surface area (Å²) in [5.74, 6) is -0.612. The Hall–Kier alpha value is -3.42. The van der Waals surface area contributed by atoms with E-state index in [2.05, 4.69) is 10.3 Å². The van der Waals surface area contributed by atoms with E-state index in [0.29, 0.717) is 38.0 Å². The Balaban J connectivity index is 1.23. The Morgan fingerprint density at radius 2 is 1.77 bits per heavy atom. The van der Waals surface area contributed by atoms with Gasteiger partial charge in [-0.25, -0.2) is 9.18 Å². The molecule has 2 heterocycles. The van der Waals surface area contributed by atoms with Crippen LogP contribution in [-0.2, 0) is 4.79 Å². The van der Waals surface area contributed by atoms with Crippen LogP contribution >= 0.6 is 0 Å². The van der Waals surface area contributed by atoms with E-state index in [-0.39, 0.29) is 29.4 Å². The number of hydrogen-bond acceptors (Lipinski definition) is 3. The largest absolute Gasteiger partial charge is 0.352 e. The van der Waals surface area contributed by atoms with Crippen LogP contribution in [0.4, 0.5) is 4.39 Å². The van der Waals surface area contributed by atoms with Crippen molar-refractivity contribution in [2.75, 3.05) is 19.6 Å². The number of para-hydroxylation sites is 2. The fourth-order valence-electron chi connectivity index (χ4n) is 4.11. The van der Waals surface area contributed by atoms with Gasteiger partial charge in [-0.2, -0.15) is 0 Å². The highest BCUT2D eigenvalue weighted by atomic mass is 19.1. The molecule has 1 fully saturated rings. The third-order valence-corrected chi connectivity index (χ3v) is 5.77. The topological polar surface area (TPSA) is 87.2 Å². The molecule has 31 heavy (non-hydrogen) atoms. The third kappa shape index (κ3) is 4.68. The predicted octanol–water partition coefficient (Wildman–Crippen LogP) is 2.84. The standard InChI is InChI=1S/C23H25FN4O3/c24-17-9-7-16(8-10-17)22(30)25-13-3-6-21(29)27-14-11-18(12-15-27)28-20-5-2-1-4-19(20)26-23(28)31/h1-2,4-5,7-10,18H,3,6,11-15H2,(H,25,30)(H,26,31). The molecule has 2 amide bonds. The number of carbonyl (C=O) groups is 2. The summed E-state index contributed by atoms with van der Waals surface area (Å²) in [7, 11) is 0. The van der Waals surface area contributed by atoms with E-state index in [4.69, 9.17) is 0 Å². The number of halogens is 1. The second kappa shape index (κ2) is 9.16. The van der Waals surface area contributed by atoms with Crippen molar-refractivity contribution in [3.8, 4) is 0 Å². The van der Waals surface area contributed by atoms with E-state index in [1.54, 1.807) is 0 Å². The molecule has 1 aliphatic heterocycles. The van der Waals surface area contributed by atoms with Crippen LogP contribution in [0.15, 0.2) is 53.3 Å². The monoisotopic (exact) mass is 424 g/mol. The lowest BCUT2D eigenvalue weighted by Gasteiger charge is -2.32. The van der Waals surface area contributed by atoms with Crippen molar-refractivity contribution in [1.29, 1.82) is 0 Å². The summed E-state index contributed by atoms with van der Waals surface area (Å²) in [6.45, 7) is 1.60. The molecule has 0 atom stereocenters. The van der Waals surface area contributed by atoms with Gasteiger partial charge < -0.3 is 15.2 Å². The van der Waals surface area contributed by atoms with Crippen LogP contribution in [0, 0.1) is 5.82 Å². The van der Waals surface area contributed by atoms with E-state index < -0.39 is 0 Å². The van der Waals surface area contributed by atoms with Crippen molar-refractivity contribution in [1.82, 2.24) is 19.8 Å². The van der Waals surface area contributed by atoms with Crippen molar-refractivity contribution in [2.45, 2.75) is 31.7 Å². The highest BCUT2D eigenvalue weighted by Crippen LogP contribution is 2.25. The van der Waals surface area contributed by atoms with Gasteiger partial charge in [0.15, 0.2) is 0 Å². The van der Waals surface area contributed by atoms with Gasteiger partial charge in [-0.05, 0) is 55.7 Å². The van der Waals surface area contributed by atoms with Gasteiger partial charge in [0.05, 0.1) is 11.0 Å². The van der Waals surface area contributed by atoms with E-state index in [0.717, 1.165) is 23.9 Å². The van der Waals surface area contributed by atoms with Gasteiger partial charge in [-0.15, -0.1) is 0 Å². The number of imidazole rings is 1. The van der Waals surface area contributed by atoms with Crippen molar-refractivity contribution in [2.24, 2.45) is 0 Å². The van der Waals surface area contributed by atoms with E-state index in [9.17, 15) is 18.8 Å². The Morgan fingerprint density at radius 3 is 2.52 bits per heavy atom. The highest BCUT2D eigenvalue weighted by Gasteiger charge is 2.25. The molecule has 2 aromatic carbocycles. The van der Waals surface area contributed by atoms with Gasteiger partial charge in [0, 0.05) is 37.7 Å². The molecule has 0 spiro atoms. The van der Waals surface area contributed by atoms with Gasteiger partial charge in [-0.3, -0.25) is 14.2 Å². The van der Waals surface area contributed by atoms with Crippen molar-refractivity contribution >= 4 is 22.8 Å². The fraction of sp³-hybridized carbons (Fsp3) is 0.348. The lowest BCUT2D eigenvalue weighted by molar-refractivity contribution is -0.132. The van der Waals surface area contributed by atoms with Crippen LogP contribution in [-0.4, -0.2) is 45.9 Å². The number of carbonyl (C=O) groups excluding carboxylic acids is 2. The molecule has 1 aromatic heterocycles. The number of likely N-dealkylation sites (tertiary alicyclic amines) is 1. The Morgan fingerprint density at radius 1 is 1.06 bits per heavy atom. The number of H-pyrrole nitrogens is 1. The smallest absolute Gasteiger partial charge is 0.326 e. The second-order valence-electron chi connectivity index (χ2n) is 7.80. The van der Waals surface area contributed by atoms with Gasteiger partial charge in [0.1, 0.15) is 5.82 Å². The number of amides is 2. The zero-order valence-electron chi connectivity index (χ0n) is 17.1. The van der Waals surface area contributed by atoms with Crippen molar-refractivity contribution < 1.29 is 14.0 Å². The third-order valence-electron chi connectivity index (χ3n) is 5.77. The lowest BCUT2D eigenvalue weighted by atomic mass is 10.0. The first-order chi connectivity index (χ1) is 15.0. The van der Waals surface area contributed by atoms with Crippen LogP contribution in [0.2, 0.25) is 0 Å². The molecule has 7 nitrogen and oxygen atoms in total.